The second-order valence-electron chi connectivity index (χ2n) is 8.89. The van der Waals surface area contributed by atoms with Crippen molar-refractivity contribution >= 4 is 23.4 Å². The molecule has 2 amide bonds. The van der Waals surface area contributed by atoms with Gasteiger partial charge in [-0.2, -0.15) is 0 Å². The molecule has 3 rings (SSSR count). The zero-order valence-corrected chi connectivity index (χ0v) is 19.5. The van der Waals surface area contributed by atoms with Crippen LogP contribution in [0.2, 0.25) is 5.02 Å². The minimum Gasteiger partial charge on any atom is -0.391 e. The van der Waals surface area contributed by atoms with Gasteiger partial charge in [-0.15, -0.1) is 0 Å². The monoisotopic (exact) mass is 436 g/mol. The molecular weight excluding hydrogens is 400 g/mol. The van der Waals surface area contributed by atoms with Crippen molar-refractivity contribution < 1.29 is 14.7 Å². The number of likely N-dealkylation sites (tertiary alicyclic amines) is 1. The van der Waals surface area contributed by atoms with Crippen LogP contribution in [0.25, 0.3) is 0 Å². The van der Waals surface area contributed by atoms with Crippen LogP contribution in [0.3, 0.4) is 0 Å². The number of hydrogen-bond acceptors (Lipinski definition) is 3. The molecule has 0 aromatic heterocycles. The van der Waals surface area contributed by atoms with Gasteiger partial charge in [0.15, 0.2) is 0 Å². The number of carbonyl (C=O) groups excluding carboxylic acids is 2. The Morgan fingerprint density at radius 2 is 1.73 bits per heavy atom. The van der Waals surface area contributed by atoms with Crippen LogP contribution in [0, 0.1) is 5.92 Å². The van der Waals surface area contributed by atoms with E-state index < -0.39 is 11.6 Å². The smallest absolute Gasteiger partial charge is 0.224 e. The van der Waals surface area contributed by atoms with Crippen LogP contribution in [0.15, 0.2) is 24.3 Å². The molecule has 1 saturated carbocycles. The first-order chi connectivity index (χ1) is 14.2. The maximum atomic E-state index is 12.8. The second-order valence-corrected chi connectivity index (χ2v) is 9.32. The number of rotatable bonds is 5. The van der Waals surface area contributed by atoms with Crippen LogP contribution >= 0.6 is 11.6 Å². The number of benzene rings is 1. The maximum Gasteiger partial charge on any atom is 0.224 e. The number of nitrogens with zero attached hydrogens (tertiary/aromatic N) is 1. The van der Waals surface area contributed by atoms with E-state index in [1.54, 1.807) is 4.90 Å². The summed E-state index contributed by atoms with van der Waals surface area (Å²) in [4.78, 5) is 26.9. The summed E-state index contributed by atoms with van der Waals surface area (Å²) in [7, 11) is 0. The first kappa shape index (κ1) is 24.7. The van der Waals surface area contributed by atoms with Crippen LogP contribution in [-0.4, -0.2) is 46.6 Å². The number of nitrogens with one attached hydrogen (secondary N) is 1. The number of aliphatic hydroxyl groups excluding tert-OH is 1. The van der Waals surface area contributed by atoms with Gasteiger partial charge in [0, 0.05) is 41.9 Å². The highest BCUT2D eigenvalue weighted by Gasteiger charge is 2.34. The Hall–Kier alpha value is -1.59. The first-order valence-corrected chi connectivity index (χ1v) is 11.7. The predicted molar refractivity (Wildman–Crippen MR) is 122 cm³/mol. The van der Waals surface area contributed by atoms with Gasteiger partial charge in [0.05, 0.1) is 6.10 Å². The number of amides is 2. The van der Waals surface area contributed by atoms with Crippen LogP contribution in [0.4, 0.5) is 0 Å². The molecule has 2 fully saturated rings. The Morgan fingerprint density at radius 3 is 2.30 bits per heavy atom. The van der Waals surface area contributed by atoms with Gasteiger partial charge in [-0.1, -0.05) is 50.4 Å². The Labute approximate surface area is 186 Å². The predicted octanol–water partition coefficient (Wildman–Crippen LogP) is 4.52. The summed E-state index contributed by atoms with van der Waals surface area (Å²) in [6.07, 6.45) is 4.46. The molecule has 1 aliphatic carbocycles. The van der Waals surface area contributed by atoms with E-state index in [4.69, 9.17) is 11.6 Å². The molecule has 2 unspecified atom stereocenters. The molecule has 6 heteroatoms. The van der Waals surface area contributed by atoms with E-state index in [0.29, 0.717) is 24.5 Å². The topological polar surface area (TPSA) is 69.6 Å². The zero-order valence-electron chi connectivity index (χ0n) is 18.8. The third-order valence-corrected chi connectivity index (χ3v) is 6.27. The second kappa shape index (κ2) is 11.1. The van der Waals surface area contributed by atoms with E-state index in [9.17, 15) is 14.7 Å². The third-order valence-electron chi connectivity index (χ3n) is 6.01. The number of halogens is 1. The Bertz CT molecular complexity index is 699. The molecule has 1 saturated heterocycles. The van der Waals surface area contributed by atoms with Crippen molar-refractivity contribution in [2.75, 3.05) is 13.1 Å². The number of hydrogen-bond donors (Lipinski definition) is 2. The minimum absolute atomic E-state index is 0.0106. The van der Waals surface area contributed by atoms with Gasteiger partial charge < -0.3 is 15.3 Å². The Kier molecular flexibility index (Phi) is 9.17. The number of β-amino-alcohol motifs (C(OH)–C–C–N with tert-alkyl or cyclic N) is 1. The standard InChI is InChI=1S/C22H31ClN2O3.C2H6/c1-22(2,24-21(28)16-5-3-4-6-16)13-20(27)25-12-11-18(19(26)14-25)15-7-9-17(23)10-8-15;1-2/h7-10,16,18-19,26H,3-6,11-14H2,1-2H3,(H,24,28);1-2H3. The van der Waals surface area contributed by atoms with Crippen molar-refractivity contribution in [2.24, 2.45) is 5.92 Å². The van der Waals surface area contributed by atoms with Gasteiger partial charge in [-0.3, -0.25) is 9.59 Å². The molecule has 0 spiro atoms. The fraction of sp³-hybridized carbons (Fsp3) is 0.667. The summed E-state index contributed by atoms with van der Waals surface area (Å²) in [5.74, 6) is 0.143. The van der Waals surface area contributed by atoms with Crippen LogP contribution < -0.4 is 5.32 Å². The van der Waals surface area contributed by atoms with Crippen LogP contribution in [-0.2, 0) is 9.59 Å². The minimum atomic E-state index is -0.602. The summed E-state index contributed by atoms with van der Waals surface area (Å²) in [6, 6.07) is 7.54. The highest BCUT2D eigenvalue weighted by atomic mass is 35.5. The van der Waals surface area contributed by atoms with Gasteiger partial charge in [0.25, 0.3) is 0 Å². The number of aliphatic hydroxyl groups is 1. The average molecular weight is 437 g/mol. The lowest BCUT2D eigenvalue weighted by Crippen LogP contribution is -2.51. The maximum absolute atomic E-state index is 12.8. The van der Waals surface area contributed by atoms with Gasteiger partial charge >= 0.3 is 0 Å². The summed E-state index contributed by atoms with van der Waals surface area (Å²) >= 11 is 5.95. The van der Waals surface area contributed by atoms with Crippen LogP contribution in [0.1, 0.15) is 77.7 Å². The van der Waals surface area contributed by atoms with E-state index in [1.165, 1.54) is 0 Å². The largest absolute Gasteiger partial charge is 0.391 e. The highest BCUT2D eigenvalue weighted by Crippen LogP contribution is 2.30. The fourth-order valence-corrected chi connectivity index (χ4v) is 4.54. The number of carbonyl (C=O) groups is 2. The van der Waals surface area contributed by atoms with Crippen LogP contribution in [0.5, 0.6) is 0 Å². The third kappa shape index (κ3) is 6.71. The molecule has 2 atom stereocenters. The van der Waals surface area contributed by atoms with Crippen molar-refractivity contribution in [1.82, 2.24) is 10.2 Å². The molecule has 2 N–H and O–H groups in total. The molecule has 1 heterocycles. The fourth-order valence-electron chi connectivity index (χ4n) is 4.41. The van der Waals surface area contributed by atoms with E-state index in [1.807, 2.05) is 52.0 Å². The lowest BCUT2D eigenvalue weighted by Gasteiger charge is -2.38. The molecule has 30 heavy (non-hydrogen) atoms. The van der Waals surface area contributed by atoms with E-state index in [-0.39, 0.29) is 30.1 Å². The van der Waals surface area contributed by atoms with E-state index in [0.717, 1.165) is 31.2 Å². The van der Waals surface area contributed by atoms with Gasteiger partial charge in [-0.05, 0) is 50.8 Å². The summed E-state index contributed by atoms with van der Waals surface area (Å²) in [5, 5.41) is 14.3. The first-order valence-electron chi connectivity index (χ1n) is 11.3. The lowest BCUT2D eigenvalue weighted by atomic mass is 9.86. The van der Waals surface area contributed by atoms with Gasteiger partial charge in [0.1, 0.15) is 0 Å². The SMILES string of the molecule is CC.CC(C)(CC(=O)N1CCC(c2ccc(Cl)cc2)C(O)C1)NC(=O)C1CCCC1. The van der Waals surface area contributed by atoms with Gasteiger partial charge in [-0.25, -0.2) is 0 Å². The van der Waals surface area contributed by atoms with Crippen molar-refractivity contribution in [1.29, 1.82) is 0 Å². The summed E-state index contributed by atoms with van der Waals surface area (Å²) < 4.78 is 0. The Morgan fingerprint density at radius 1 is 1.13 bits per heavy atom. The van der Waals surface area contributed by atoms with Gasteiger partial charge in [0.2, 0.25) is 11.8 Å². The lowest BCUT2D eigenvalue weighted by molar-refractivity contribution is -0.136. The molecule has 1 aliphatic heterocycles. The molecular formula is C24H37ClN2O3. The zero-order chi connectivity index (χ0) is 22.3. The molecule has 2 aliphatic rings. The van der Waals surface area contributed by atoms with E-state index >= 15 is 0 Å². The average Bonchev–Trinajstić information content (AvgIpc) is 3.25. The van der Waals surface area contributed by atoms with E-state index in [2.05, 4.69) is 5.32 Å². The molecule has 0 bridgehead atoms. The molecule has 5 nitrogen and oxygen atoms in total. The molecule has 0 radical (unpaired) electrons. The Balaban J connectivity index is 0.00000155. The molecule has 1 aromatic rings. The quantitative estimate of drug-likeness (QED) is 0.712. The summed E-state index contributed by atoms with van der Waals surface area (Å²) in [5.41, 5.74) is 0.461. The number of piperidine rings is 1. The van der Waals surface area contributed by atoms with Crippen molar-refractivity contribution in [3.63, 3.8) is 0 Å². The molecule has 168 valence electrons. The van der Waals surface area contributed by atoms with Crippen molar-refractivity contribution in [3.8, 4) is 0 Å². The summed E-state index contributed by atoms with van der Waals surface area (Å²) in [6.45, 7) is 8.72. The van der Waals surface area contributed by atoms with Crippen molar-refractivity contribution in [2.45, 2.75) is 83.8 Å². The molecule has 1 aromatic carbocycles. The normalized spacial score (nSPS) is 22.3. The van der Waals surface area contributed by atoms with Crippen molar-refractivity contribution in [3.05, 3.63) is 34.9 Å². The highest BCUT2D eigenvalue weighted by molar-refractivity contribution is 6.30.